The lowest BCUT2D eigenvalue weighted by atomic mass is 10.2. The quantitative estimate of drug-likeness (QED) is 0.785. The van der Waals surface area contributed by atoms with Crippen molar-refractivity contribution in [3.63, 3.8) is 0 Å². The smallest absolute Gasteiger partial charge is 0.319 e. The van der Waals surface area contributed by atoms with Crippen LogP contribution in [0.25, 0.3) is 0 Å². The molecule has 0 aliphatic heterocycles. The van der Waals surface area contributed by atoms with E-state index in [0.29, 0.717) is 18.0 Å². The Morgan fingerprint density at radius 2 is 2.21 bits per heavy atom. The number of rotatable bonds is 4. The van der Waals surface area contributed by atoms with Gasteiger partial charge in [0, 0.05) is 12.6 Å². The van der Waals surface area contributed by atoms with Gasteiger partial charge in [0.25, 0.3) is 0 Å². The van der Waals surface area contributed by atoms with Gasteiger partial charge >= 0.3 is 12.0 Å². The van der Waals surface area contributed by atoms with E-state index in [1.807, 2.05) is 0 Å². The lowest BCUT2D eigenvalue weighted by Gasteiger charge is -2.21. The molecule has 0 radical (unpaired) electrons. The predicted molar refractivity (Wildman–Crippen MR) is 53.9 cm³/mol. The van der Waals surface area contributed by atoms with Crippen LogP contribution in [-0.2, 0) is 0 Å². The zero-order valence-electron chi connectivity index (χ0n) is 8.60. The molecule has 1 aromatic rings. The predicted octanol–water partition coefficient (Wildman–Crippen LogP) is 1.28. The maximum absolute atomic E-state index is 5.40. The fourth-order valence-electron chi connectivity index (χ4n) is 1.51. The maximum atomic E-state index is 5.40. The van der Waals surface area contributed by atoms with Gasteiger partial charge in [0.1, 0.15) is 0 Å². The summed E-state index contributed by atoms with van der Waals surface area (Å²) in [6.07, 6.45) is 2.43. The first kappa shape index (κ1) is 9.30. The highest BCUT2D eigenvalue weighted by Gasteiger charge is 2.32. The van der Waals surface area contributed by atoms with Gasteiger partial charge in [-0.1, -0.05) is 24.0 Å². The van der Waals surface area contributed by atoms with Gasteiger partial charge in [0.2, 0.25) is 0 Å². The molecule has 0 unspecified atom stereocenters. The highest BCUT2D eigenvalue weighted by atomic mass is 16.4. The van der Waals surface area contributed by atoms with Crippen LogP contribution in [0.4, 0.5) is 12.0 Å². The zero-order valence-corrected chi connectivity index (χ0v) is 8.60. The van der Waals surface area contributed by atoms with Crippen molar-refractivity contribution in [1.29, 1.82) is 0 Å². The Hall–Kier alpha value is -1.26. The van der Waals surface area contributed by atoms with Crippen LogP contribution in [0.2, 0.25) is 0 Å². The summed E-state index contributed by atoms with van der Waals surface area (Å²) in [5.41, 5.74) is 5.40. The Morgan fingerprint density at radius 1 is 1.50 bits per heavy atom. The van der Waals surface area contributed by atoms with Crippen molar-refractivity contribution in [3.8, 4) is 0 Å². The molecule has 14 heavy (non-hydrogen) atoms. The van der Waals surface area contributed by atoms with E-state index in [2.05, 4.69) is 28.9 Å². The standard InChI is InChI=1S/C9H16N4O/c1-6(2)5-13(7-3-4-7)9-12-11-8(10)14-9/h6-7H,3-5H2,1-2H3,(H2,10,11). The van der Waals surface area contributed by atoms with Crippen LogP contribution in [0.1, 0.15) is 26.7 Å². The van der Waals surface area contributed by atoms with E-state index < -0.39 is 0 Å². The fourth-order valence-corrected chi connectivity index (χ4v) is 1.51. The second-order valence-corrected chi connectivity index (χ2v) is 4.20. The minimum Gasteiger partial charge on any atom is -0.390 e. The molecular formula is C9H16N4O. The second kappa shape index (κ2) is 3.48. The van der Waals surface area contributed by atoms with Crippen molar-refractivity contribution in [3.05, 3.63) is 0 Å². The summed E-state index contributed by atoms with van der Waals surface area (Å²) < 4.78 is 5.23. The normalized spacial score (nSPS) is 16.2. The summed E-state index contributed by atoms with van der Waals surface area (Å²) in [5.74, 6) is 0.587. The molecule has 1 heterocycles. The van der Waals surface area contributed by atoms with E-state index in [1.165, 1.54) is 12.8 Å². The third kappa shape index (κ3) is 1.97. The summed E-state index contributed by atoms with van der Waals surface area (Å²) >= 11 is 0. The second-order valence-electron chi connectivity index (χ2n) is 4.20. The van der Waals surface area contributed by atoms with E-state index in [9.17, 15) is 0 Å². The molecule has 0 bridgehead atoms. The van der Waals surface area contributed by atoms with Crippen molar-refractivity contribution >= 4 is 12.0 Å². The Bertz CT molecular complexity index is 306. The Morgan fingerprint density at radius 3 is 2.64 bits per heavy atom. The van der Waals surface area contributed by atoms with Gasteiger partial charge in [0.15, 0.2) is 0 Å². The van der Waals surface area contributed by atoms with Crippen LogP contribution in [0.3, 0.4) is 0 Å². The van der Waals surface area contributed by atoms with Crippen LogP contribution in [-0.4, -0.2) is 22.8 Å². The average molecular weight is 196 g/mol. The molecule has 5 nitrogen and oxygen atoms in total. The Balaban J connectivity index is 2.09. The van der Waals surface area contributed by atoms with E-state index >= 15 is 0 Å². The average Bonchev–Trinajstić information content (AvgIpc) is 2.85. The molecule has 1 aliphatic carbocycles. The molecule has 5 heteroatoms. The Kier molecular flexibility index (Phi) is 2.31. The summed E-state index contributed by atoms with van der Waals surface area (Å²) in [7, 11) is 0. The minimum absolute atomic E-state index is 0.148. The molecular weight excluding hydrogens is 180 g/mol. The summed E-state index contributed by atoms with van der Waals surface area (Å²) in [6, 6.07) is 1.30. The minimum atomic E-state index is 0.148. The summed E-state index contributed by atoms with van der Waals surface area (Å²) in [4.78, 5) is 2.16. The third-order valence-electron chi connectivity index (χ3n) is 2.23. The number of hydrogen-bond donors (Lipinski definition) is 1. The molecule has 1 aromatic heterocycles. The van der Waals surface area contributed by atoms with Gasteiger partial charge in [-0.3, -0.25) is 0 Å². The van der Waals surface area contributed by atoms with Gasteiger partial charge in [0.05, 0.1) is 0 Å². The first-order chi connectivity index (χ1) is 6.66. The Labute approximate surface area is 83.3 Å². The molecule has 2 N–H and O–H groups in total. The van der Waals surface area contributed by atoms with Crippen LogP contribution in [0.15, 0.2) is 4.42 Å². The number of nitrogens with zero attached hydrogens (tertiary/aromatic N) is 3. The molecule has 0 aromatic carbocycles. The number of anilines is 2. The molecule has 2 rings (SSSR count). The van der Waals surface area contributed by atoms with Crippen LogP contribution < -0.4 is 10.6 Å². The molecule has 78 valence electrons. The maximum Gasteiger partial charge on any atom is 0.319 e. The summed E-state index contributed by atoms with van der Waals surface area (Å²) in [5, 5.41) is 7.59. The van der Waals surface area contributed by atoms with Gasteiger partial charge in [-0.15, -0.1) is 0 Å². The van der Waals surface area contributed by atoms with E-state index in [-0.39, 0.29) is 6.01 Å². The van der Waals surface area contributed by atoms with Crippen molar-refractivity contribution in [2.24, 2.45) is 5.92 Å². The SMILES string of the molecule is CC(C)CN(c1nnc(N)o1)C1CC1. The lowest BCUT2D eigenvalue weighted by Crippen LogP contribution is -2.30. The van der Waals surface area contributed by atoms with Crippen LogP contribution in [0.5, 0.6) is 0 Å². The lowest BCUT2D eigenvalue weighted by molar-refractivity contribution is 0.514. The number of hydrogen-bond acceptors (Lipinski definition) is 5. The monoisotopic (exact) mass is 196 g/mol. The molecule has 1 saturated carbocycles. The zero-order chi connectivity index (χ0) is 10.1. The molecule has 0 spiro atoms. The van der Waals surface area contributed by atoms with E-state index in [4.69, 9.17) is 10.2 Å². The van der Waals surface area contributed by atoms with Crippen LogP contribution in [0, 0.1) is 5.92 Å². The van der Waals surface area contributed by atoms with E-state index in [1.54, 1.807) is 0 Å². The van der Waals surface area contributed by atoms with Gasteiger partial charge in [-0.2, -0.15) is 0 Å². The number of nitrogens with two attached hydrogens (primary N) is 1. The molecule has 0 saturated heterocycles. The molecule has 1 fully saturated rings. The number of nitrogen functional groups attached to an aromatic ring is 1. The van der Waals surface area contributed by atoms with Crippen molar-refractivity contribution in [1.82, 2.24) is 10.2 Å². The fraction of sp³-hybridized carbons (Fsp3) is 0.778. The van der Waals surface area contributed by atoms with Crippen molar-refractivity contribution in [2.75, 3.05) is 17.2 Å². The molecule has 0 amide bonds. The number of aromatic nitrogens is 2. The van der Waals surface area contributed by atoms with E-state index in [0.717, 1.165) is 6.54 Å². The molecule has 0 atom stereocenters. The van der Waals surface area contributed by atoms with Gasteiger partial charge in [-0.25, -0.2) is 0 Å². The largest absolute Gasteiger partial charge is 0.390 e. The highest BCUT2D eigenvalue weighted by Crippen LogP contribution is 2.31. The summed E-state index contributed by atoms with van der Waals surface area (Å²) in [6.45, 7) is 5.30. The first-order valence-corrected chi connectivity index (χ1v) is 5.02. The van der Waals surface area contributed by atoms with Gasteiger partial charge in [-0.05, 0) is 18.8 Å². The van der Waals surface area contributed by atoms with Crippen LogP contribution >= 0.6 is 0 Å². The van der Waals surface area contributed by atoms with Gasteiger partial charge < -0.3 is 15.1 Å². The topological polar surface area (TPSA) is 68.2 Å². The molecule has 1 aliphatic rings. The van der Waals surface area contributed by atoms with Crippen molar-refractivity contribution < 1.29 is 4.42 Å². The highest BCUT2D eigenvalue weighted by molar-refractivity contribution is 5.32. The van der Waals surface area contributed by atoms with Crippen molar-refractivity contribution in [2.45, 2.75) is 32.7 Å². The third-order valence-corrected chi connectivity index (χ3v) is 2.23. The first-order valence-electron chi connectivity index (χ1n) is 5.02.